The second-order valence-electron chi connectivity index (χ2n) is 11.7. The Bertz CT molecular complexity index is 1540. The molecule has 3 aromatic carbocycles. The predicted molar refractivity (Wildman–Crippen MR) is 162 cm³/mol. The highest BCUT2D eigenvalue weighted by Crippen LogP contribution is 2.45. The normalized spacial score (nSPS) is 17.7. The lowest BCUT2D eigenvalue weighted by Gasteiger charge is -2.34. The number of allylic oxidation sites excluding steroid dienone is 4. The van der Waals surface area contributed by atoms with Gasteiger partial charge in [-0.2, -0.15) is 0 Å². The molecule has 0 atom stereocenters. The number of rotatable bonds is 5. The third kappa shape index (κ3) is 4.99. The molecule has 1 aliphatic carbocycles. The van der Waals surface area contributed by atoms with E-state index in [4.69, 9.17) is 19.6 Å². The van der Waals surface area contributed by atoms with Crippen LogP contribution in [0.25, 0.3) is 39.5 Å². The van der Waals surface area contributed by atoms with Crippen LogP contribution >= 0.6 is 0 Å². The molecule has 0 N–H and O–H groups in total. The third-order valence-corrected chi connectivity index (χ3v) is 8.43. The van der Waals surface area contributed by atoms with Gasteiger partial charge in [0.15, 0.2) is 17.5 Å². The fourth-order valence-corrected chi connectivity index (χ4v) is 5.40. The van der Waals surface area contributed by atoms with Crippen LogP contribution < -0.4 is 5.46 Å². The summed E-state index contributed by atoms with van der Waals surface area (Å²) in [6.45, 7) is 8.92. The maximum absolute atomic E-state index is 6.77. The van der Waals surface area contributed by atoms with E-state index in [-0.39, 0.29) is 17.9 Å². The van der Waals surface area contributed by atoms with Crippen molar-refractivity contribution in [2.75, 3.05) is 0 Å². The van der Waals surface area contributed by atoms with E-state index in [0.717, 1.165) is 46.9 Å². The summed E-state index contributed by atoms with van der Waals surface area (Å²) in [5.41, 5.74) is 6.25. The van der Waals surface area contributed by atoms with E-state index in [0.29, 0.717) is 17.5 Å². The number of benzene rings is 3. The molecular formula is C34H34BN3O. The van der Waals surface area contributed by atoms with Gasteiger partial charge in [0, 0.05) is 16.7 Å². The lowest BCUT2D eigenvalue weighted by atomic mass is 9.53. The van der Waals surface area contributed by atoms with Crippen LogP contribution in [0.5, 0.6) is 0 Å². The van der Waals surface area contributed by atoms with Crippen LogP contribution in [0.3, 0.4) is 0 Å². The molecule has 1 fully saturated rings. The lowest BCUT2D eigenvalue weighted by Crippen LogP contribution is -2.36. The van der Waals surface area contributed by atoms with Gasteiger partial charge < -0.3 is 4.65 Å². The molecule has 0 saturated carbocycles. The first-order valence-electron chi connectivity index (χ1n) is 13.9. The Hall–Kier alpha value is -3.83. The highest BCUT2D eigenvalue weighted by Gasteiger charge is 2.50. The average Bonchev–Trinajstić information content (AvgIpc) is 3.20. The zero-order valence-electron chi connectivity index (χ0n) is 23.2. The highest BCUT2D eigenvalue weighted by atomic mass is 16.5. The molecule has 1 aromatic heterocycles. The SMILES string of the molecule is CC1(C)CB(c2cc(-c3ccccc3)ccc2-c2nc(C3=CCCC=C3)nc(-c3ccccc3)n2)OC1(C)C. The van der Waals surface area contributed by atoms with Crippen molar-refractivity contribution >= 4 is 18.0 Å². The number of hydrogen-bond donors (Lipinski definition) is 0. The molecule has 2 heterocycles. The number of hydrogen-bond acceptors (Lipinski definition) is 4. The Labute approximate surface area is 232 Å². The average molecular weight is 511 g/mol. The molecule has 0 radical (unpaired) electrons. The summed E-state index contributed by atoms with van der Waals surface area (Å²) in [6, 6.07) is 27.3. The van der Waals surface area contributed by atoms with Crippen molar-refractivity contribution in [2.45, 2.75) is 52.5 Å². The molecular weight excluding hydrogens is 477 g/mol. The Morgan fingerprint density at radius 3 is 2.00 bits per heavy atom. The summed E-state index contributed by atoms with van der Waals surface area (Å²) in [5.74, 6) is 2.07. The topological polar surface area (TPSA) is 47.9 Å². The van der Waals surface area contributed by atoms with Crippen molar-refractivity contribution in [1.82, 2.24) is 15.0 Å². The van der Waals surface area contributed by atoms with Gasteiger partial charge in [0.25, 0.3) is 0 Å². The number of nitrogens with zero attached hydrogens (tertiary/aromatic N) is 3. The Morgan fingerprint density at radius 2 is 1.36 bits per heavy atom. The minimum absolute atomic E-state index is 0.0227. The summed E-state index contributed by atoms with van der Waals surface area (Å²) in [7, 11) is 0. The van der Waals surface area contributed by atoms with E-state index < -0.39 is 0 Å². The first-order chi connectivity index (χ1) is 18.8. The quantitative estimate of drug-likeness (QED) is 0.258. The molecule has 5 heteroatoms. The third-order valence-electron chi connectivity index (χ3n) is 8.43. The smallest absolute Gasteiger partial charge is 0.328 e. The van der Waals surface area contributed by atoms with Crippen LogP contribution in [-0.4, -0.2) is 27.5 Å². The molecule has 2 aliphatic rings. The first kappa shape index (κ1) is 25.5. The molecule has 0 unspecified atom stereocenters. The summed E-state index contributed by atoms with van der Waals surface area (Å²) >= 11 is 0. The minimum Gasteiger partial charge on any atom is -0.426 e. The Balaban J connectivity index is 1.54. The zero-order valence-corrected chi connectivity index (χ0v) is 23.2. The first-order valence-corrected chi connectivity index (χ1v) is 13.9. The monoisotopic (exact) mass is 511 g/mol. The molecule has 39 heavy (non-hydrogen) atoms. The largest absolute Gasteiger partial charge is 0.426 e. The van der Waals surface area contributed by atoms with Gasteiger partial charge >= 0.3 is 6.92 Å². The van der Waals surface area contributed by atoms with Crippen molar-refractivity contribution in [3.8, 4) is 33.9 Å². The van der Waals surface area contributed by atoms with Gasteiger partial charge in [0.05, 0.1) is 5.60 Å². The van der Waals surface area contributed by atoms with E-state index in [1.165, 1.54) is 5.56 Å². The molecule has 6 rings (SSSR count). The van der Waals surface area contributed by atoms with Crippen LogP contribution in [0.4, 0.5) is 0 Å². The summed E-state index contributed by atoms with van der Waals surface area (Å²) < 4.78 is 6.77. The molecule has 0 spiro atoms. The standard InChI is InChI=1S/C34H34BN3O/c1-33(2)23-35(39-34(33,3)4)29-22-27(24-14-8-5-9-15-24)20-21-28(29)32-37-30(25-16-10-6-11-17-25)36-31(38-32)26-18-12-7-13-19-26/h5-6,8-12,14-22H,7,13,23H2,1-4H3. The molecule has 4 aromatic rings. The van der Waals surface area contributed by atoms with Crippen molar-refractivity contribution in [3.63, 3.8) is 0 Å². The molecule has 4 nitrogen and oxygen atoms in total. The van der Waals surface area contributed by atoms with Gasteiger partial charge in [-0.05, 0) is 55.0 Å². The second-order valence-corrected chi connectivity index (χ2v) is 11.7. The summed E-state index contributed by atoms with van der Waals surface area (Å²) in [5, 5.41) is 0. The van der Waals surface area contributed by atoms with Gasteiger partial charge in [0.2, 0.25) is 0 Å². The molecule has 1 aliphatic heterocycles. The molecule has 1 saturated heterocycles. The van der Waals surface area contributed by atoms with Crippen molar-refractivity contribution < 1.29 is 4.65 Å². The minimum atomic E-state index is -0.255. The molecule has 0 bridgehead atoms. The van der Waals surface area contributed by atoms with Crippen LogP contribution in [0.1, 0.15) is 46.4 Å². The lowest BCUT2D eigenvalue weighted by molar-refractivity contribution is 0.0375. The van der Waals surface area contributed by atoms with Gasteiger partial charge in [-0.1, -0.05) is 111 Å². The van der Waals surface area contributed by atoms with E-state index in [2.05, 4.69) is 107 Å². The maximum atomic E-state index is 6.77. The fourth-order valence-electron chi connectivity index (χ4n) is 5.40. The van der Waals surface area contributed by atoms with Gasteiger partial charge in [-0.15, -0.1) is 0 Å². The maximum Gasteiger partial charge on any atom is 0.328 e. The van der Waals surface area contributed by atoms with Crippen LogP contribution in [0, 0.1) is 5.41 Å². The zero-order chi connectivity index (χ0) is 27.0. The van der Waals surface area contributed by atoms with Gasteiger partial charge in [-0.3, -0.25) is 0 Å². The van der Waals surface area contributed by atoms with E-state index in [1.54, 1.807) is 0 Å². The summed E-state index contributed by atoms with van der Waals surface area (Å²) in [4.78, 5) is 15.0. The second kappa shape index (κ2) is 10.1. The van der Waals surface area contributed by atoms with Crippen molar-refractivity contribution in [2.24, 2.45) is 5.41 Å². The Morgan fingerprint density at radius 1 is 0.692 bits per heavy atom. The summed E-state index contributed by atoms with van der Waals surface area (Å²) in [6.07, 6.45) is 9.49. The fraction of sp³-hybridized carbons (Fsp3) is 0.265. The van der Waals surface area contributed by atoms with E-state index in [9.17, 15) is 0 Å². The van der Waals surface area contributed by atoms with Gasteiger partial charge in [-0.25, -0.2) is 15.0 Å². The van der Waals surface area contributed by atoms with Crippen LogP contribution in [0.2, 0.25) is 6.32 Å². The molecule has 194 valence electrons. The number of aromatic nitrogens is 3. The van der Waals surface area contributed by atoms with Crippen molar-refractivity contribution in [1.29, 1.82) is 0 Å². The van der Waals surface area contributed by atoms with E-state index >= 15 is 0 Å². The van der Waals surface area contributed by atoms with Crippen molar-refractivity contribution in [3.05, 3.63) is 103 Å². The van der Waals surface area contributed by atoms with E-state index in [1.807, 2.05) is 18.2 Å². The van der Waals surface area contributed by atoms with Crippen LogP contribution in [0.15, 0.2) is 97.1 Å². The Kier molecular flexibility index (Phi) is 6.56. The highest BCUT2D eigenvalue weighted by molar-refractivity contribution is 6.70. The predicted octanol–water partition coefficient (Wildman–Crippen LogP) is 7.64. The van der Waals surface area contributed by atoms with Crippen LogP contribution in [-0.2, 0) is 4.65 Å². The molecule has 0 amide bonds. The van der Waals surface area contributed by atoms with Gasteiger partial charge in [0.1, 0.15) is 0 Å².